The Hall–Kier alpha value is -1.43. The SMILES string of the molecule is Cc1nc(C(=O)NCCC(=O)O)c(C)s1. The van der Waals surface area contributed by atoms with E-state index in [1.54, 1.807) is 0 Å². The van der Waals surface area contributed by atoms with Gasteiger partial charge in [0.1, 0.15) is 5.69 Å². The van der Waals surface area contributed by atoms with E-state index < -0.39 is 5.97 Å². The lowest BCUT2D eigenvalue weighted by molar-refractivity contribution is -0.136. The molecule has 0 aromatic carbocycles. The summed E-state index contributed by atoms with van der Waals surface area (Å²) in [5.74, 6) is -1.24. The molecule has 0 radical (unpaired) electrons. The summed E-state index contributed by atoms with van der Waals surface area (Å²) in [6, 6.07) is 0. The first-order valence-corrected chi connectivity index (χ1v) is 5.26. The van der Waals surface area contributed by atoms with Crippen LogP contribution in [0.3, 0.4) is 0 Å². The van der Waals surface area contributed by atoms with Crippen LogP contribution in [-0.2, 0) is 4.79 Å². The molecule has 82 valence electrons. The Kier molecular flexibility index (Phi) is 3.79. The van der Waals surface area contributed by atoms with Crippen molar-refractivity contribution in [2.24, 2.45) is 0 Å². The van der Waals surface area contributed by atoms with Gasteiger partial charge in [0, 0.05) is 11.4 Å². The van der Waals surface area contributed by atoms with E-state index in [9.17, 15) is 9.59 Å². The molecule has 5 nitrogen and oxygen atoms in total. The number of hydrogen-bond donors (Lipinski definition) is 2. The molecule has 0 fully saturated rings. The van der Waals surface area contributed by atoms with Crippen molar-refractivity contribution in [1.82, 2.24) is 10.3 Å². The number of thiazole rings is 1. The topological polar surface area (TPSA) is 79.3 Å². The Morgan fingerprint density at radius 3 is 2.60 bits per heavy atom. The summed E-state index contributed by atoms with van der Waals surface area (Å²) in [5, 5.41) is 11.7. The quantitative estimate of drug-likeness (QED) is 0.804. The fourth-order valence-electron chi connectivity index (χ4n) is 1.11. The van der Waals surface area contributed by atoms with E-state index in [0.29, 0.717) is 5.69 Å². The lowest BCUT2D eigenvalue weighted by Gasteiger charge is -2.00. The monoisotopic (exact) mass is 228 g/mol. The highest BCUT2D eigenvalue weighted by atomic mass is 32.1. The van der Waals surface area contributed by atoms with Crippen molar-refractivity contribution in [3.8, 4) is 0 Å². The van der Waals surface area contributed by atoms with Crippen molar-refractivity contribution in [2.45, 2.75) is 20.3 Å². The summed E-state index contributed by atoms with van der Waals surface area (Å²) in [7, 11) is 0. The predicted molar refractivity (Wildman–Crippen MR) is 56.2 cm³/mol. The fraction of sp³-hybridized carbons (Fsp3) is 0.444. The number of aryl methyl sites for hydroxylation is 2. The molecule has 2 N–H and O–H groups in total. The molecule has 0 atom stereocenters. The summed E-state index contributed by atoms with van der Waals surface area (Å²) >= 11 is 1.45. The number of aromatic nitrogens is 1. The molecular weight excluding hydrogens is 216 g/mol. The molecule has 0 unspecified atom stereocenters. The molecular formula is C9H12N2O3S. The van der Waals surface area contributed by atoms with Gasteiger partial charge in [-0.05, 0) is 13.8 Å². The Morgan fingerprint density at radius 1 is 1.47 bits per heavy atom. The van der Waals surface area contributed by atoms with Gasteiger partial charge in [-0.2, -0.15) is 0 Å². The molecule has 1 rings (SSSR count). The molecule has 6 heteroatoms. The van der Waals surface area contributed by atoms with E-state index in [2.05, 4.69) is 10.3 Å². The van der Waals surface area contributed by atoms with Gasteiger partial charge >= 0.3 is 5.97 Å². The number of aliphatic carboxylic acids is 1. The second-order valence-corrected chi connectivity index (χ2v) is 4.44. The summed E-state index contributed by atoms with van der Waals surface area (Å²) in [6.45, 7) is 3.77. The Bertz CT molecular complexity index is 387. The second kappa shape index (κ2) is 4.88. The number of rotatable bonds is 4. The van der Waals surface area contributed by atoms with Crippen LogP contribution in [0.4, 0.5) is 0 Å². The van der Waals surface area contributed by atoms with Gasteiger partial charge in [0.2, 0.25) is 0 Å². The van der Waals surface area contributed by atoms with Gasteiger partial charge in [-0.3, -0.25) is 9.59 Å². The predicted octanol–water partition coefficient (Wildman–Crippen LogP) is 0.964. The van der Waals surface area contributed by atoms with E-state index in [1.807, 2.05) is 13.8 Å². The summed E-state index contributed by atoms with van der Waals surface area (Å²) in [4.78, 5) is 26.6. The van der Waals surface area contributed by atoms with Crippen molar-refractivity contribution in [1.29, 1.82) is 0 Å². The number of carbonyl (C=O) groups excluding carboxylic acids is 1. The van der Waals surface area contributed by atoms with E-state index in [1.165, 1.54) is 11.3 Å². The van der Waals surface area contributed by atoms with Crippen LogP contribution in [0.2, 0.25) is 0 Å². The van der Waals surface area contributed by atoms with Crippen LogP contribution in [0.15, 0.2) is 0 Å². The van der Waals surface area contributed by atoms with Crippen molar-refractivity contribution in [3.63, 3.8) is 0 Å². The van der Waals surface area contributed by atoms with Crippen molar-refractivity contribution >= 4 is 23.2 Å². The van der Waals surface area contributed by atoms with E-state index in [0.717, 1.165) is 9.88 Å². The summed E-state index contributed by atoms with van der Waals surface area (Å²) in [6.07, 6.45) is -0.0755. The average Bonchev–Trinajstić information content (AvgIpc) is 2.44. The van der Waals surface area contributed by atoms with Gasteiger partial charge < -0.3 is 10.4 Å². The third kappa shape index (κ3) is 3.32. The zero-order chi connectivity index (χ0) is 11.4. The largest absolute Gasteiger partial charge is 0.481 e. The average molecular weight is 228 g/mol. The second-order valence-electron chi connectivity index (χ2n) is 3.04. The van der Waals surface area contributed by atoms with Crippen LogP contribution in [0.25, 0.3) is 0 Å². The third-order valence-electron chi connectivity index (χ3n) is 1.74. The molecule has 1 heterocycles. The normalized spacial score (nSPS) is 10.0. The number of carboxylic acid groups (broad SMARTS) is 1. The molecule has 0 aliphatic heterocycles. The first-order valence-electron chi connectivity index (χ1n) is 4.44. The Balaban J connectivity index is 2.54. The highest BCUT2D eigenvalue weighted by Crippen LogP contribution is 2.15. The van der Waals surface area contributed by atoms with Gasteiger partial charge in [0.15, 0.2) is 0 Å². The molecule has 1 amide bonds. The maximum Gasteiger partial charge on any atom is 0.305 e. The minimum absolute atomic E-state index is 0.0755. The van der Waals surface area contributed by atoms with Gasteiger partial charge in [-0.15, -0.1) is 11.3 Å². The summed E-state index contributed by atoms with van der Waals surface area (Å²) in [5.41, 5.74) is 0.392. The number of nitrogens with zero attached hydrogens (tertiary/aromatic N) is 1. The molecule has 0 aliphatic carbocycles. The zero-order valence-electron chi connectivity index (χ0n) is 8.53. The molecule has 1 aromatic heterocycles. The maximum atomic E-state index is 11.5. The van der Waals surface area contributed by atoms with Crippen molar-refractivity contribution in [2.75, 3.05) is 6.54 Å². The van der Waals surface area contributed by atoms with E-state index in [4.69, 9.17) is 5.11 Å². The molecule has 0 bridgehead atoms. The minimum atomic E-state index is -0.929. The van der Waals surface area contributed by atoms with E-state index >= 15 is 0 Å². The fourth-order valence-corrected chi connectivity index (χ4v) is 1.92. The third-order valence-corrected chi connectivity index (χ3v) is 2.63. The molecule has 0 spiro atoms. The van der Waals surface area contributed by atoms with Crippen LogP contribution in [0.5, 0.6) is 0 Å². The van der Waals surface area contributed by atoms with E-state index in [-0.39, 0.29) is 18.9 Å². The summed E-state index contributed by atoms with van der Waals surface area (Å²) < 4.78 is 0. The molecule has 0 saturated carbocycles. The number of nitrogens with one attached hydrogen (secondary N) is 1. The lowest BCUT2D eigenvalue weighted by Crippen LogP contribution is -2.26. The zero-order valence-corrected chi connectivity index (χ0v) is 9.35. The number of hydrogen-bond acceptors (Lipinski definition) is 4. The number of amides is 1. The van der Waals surface area contributed by atoms with Crippen LogP contribution in [-0.4, -0.2) is 28.5 Å². The molecule has 0 saturated heterocycles. The van der Waals surface area contributed by atoms with Crippen molar-refractivity contribution in [3.05, 3.63) is 15.6 Å². The van der Waals surface area contributed by atoms with Gasteiger partial charge in [0.05, 0.1) is 11.4 Å². The Labute approximate surface area is 91.1 Å². The molecule has 15 heavy (non-hydrogen) atoms. The molecule has 1 aromatic rings. The standard InChI is InChI=1S/C9H12N2O3S/c1-5-8(11-6(2)15-5)9(14)10-4-3-7(12)13/h3-4H2,1-2H3,(H,10,14)(H,12,13). The van der Waals surface area contributed by atoms with Crippen molar-refractivity contribution < 1.29 is 14.7 Å². The van der Waals surface area contributed by atoms with Crippen LogP contribution in [0.1, 0.15) is 26.8 Å². The minimum Gasteiger partial charge on any atom is -0.481 e. The lowest BCUT2D eigenvalue weighted by atomic mass is 10.3. The highest BCUT2D eigenvalue weighted by Gasteiger charge is 2.13. The molecule has 0 aliphatic rings. The van der Waals surface area contributed by atoms with Crippen LogP contribution in [0, 0.1) is 13.8 Å². The number of carboxylic acids is 1. The van der Waals surface area contributed by atoms with Gasteiger partial charge in [-0.25, -0.2) is 4.98 Å². The number of carbonyl (C=O) groups is 2. The van der Waals surface area contributed by atoms with Gasteiger partial charge in [-0.1, -0.05) is 0 Å². The Morgan fingerprint density at radius 2 is 2.13 bits per heavy atom. The van der Waals surface area contributed by atoms with Crippen LogP contribution < -0.4 is 5.32 Å². The smallest absolute Gasteiger partial charge is 0.305 e. The first kappa shape index (κ1) is 11.6. The van der Waals surface area contributed by atoms with Crippen LogP contribution >= 0.6 is 11.3 Å². The van der Waals surface area contributed by atoms with Gasteiger partial charge in [0.25, 0.3) is 5.91 Å². The maximum absolute atomic E-state index is 11.5. The highest BCUT2D eigenvalue weighted by molar-refractivity contribution is 7.11. The first-order chi connectivity index (χ1) is 7.00.